The van der Waals surface area contributed by atoms with Gasteiger partial charge in [0, 0.05) is 17.0 Å². The number of carbonyl (C=O) groups is 2. The molecule has 1 heterocycles. The molecular formula is C21H28N4O3S. The zero-order valence-corrected chi connectivity index (χ0v) is 18.2. The van der Waals surface area contributed by atoms with Crippen LogP contribution in [0.15, 0.2) is 29.6 Å². The molecule has 1 atom stereocenters. The van der Waals surface area contributed by atoms with Gasteiger partial charge in [-0.05, 0) is 62.8 Å². The molecule has 0 spiro atoms. The van der Waals surface area contributed by atoms with E-state index in [4.69, 9.17) is 4.74 Å². The van der Waals surface area contributed by atoms with Gasteiger partial charge >= 0.3 is 0 Å². The predicted octanol–water partition coefficient (Wildman–Crippen LogP) is 3.59. The summed E-state index contributed by atoms with van der Waals surface area (Å²) in [4.78, 5) is 28.6. The molecule has 0 aliphatic heterocycles. The number of nitrogens with zero attached hydrogens (tertiary/aromatic N) is 3. The van der Waals surface area contributed by atoms with E-state index in [0.29, 0.717) is 5.75 Å². The highest BCUT2D eigenvalue weighted by Crippen LogP contribution is 2.34. The Kier molecular flexibility index (Phi) is 6.52. The third-order valence-electron chi connectivity index (χ3n) is 4.97. The molecule has 2 aromatic rings. The number of carbonyl (C=O) groups excluding carboxylic acids is 2. The van der Waals surface area contributed by atoms with Crippen LogP contribution in [-0.2, 0) is 4.79 Å². The van der Waals surface area contributed by atoms with E-state index >= 15 is 0 Å². The molecule has 1 N–H and O–H groups in total. The quantitative estimate of drug-likeness (QED) is 0.778. The molecular weight excluding hydrogens is 388 g/mol. The van der Waals surface area contributed by atoms with Crippen molar-refractivity contribution < 1.29 is 14.3 Å². The summed E-state index contributed by atoms with van der Waals surface area (Å²) in [6.07, 6.45) is 3.81. The highest BCUT2D eigenvalue weighted by molar-refractivity contribution is 7.03. The van der Waals surface area contributed by atoms with Crippen LogP contribution in [0.3, 0.4) is 0 Å². The van der Waals surface area contributed by atoms with Gasteiger partial charge in [-0.3, -0.25) is 9.59 Å². The number of ether oxygens (including phenoxy) is 1. The van der Waals surface area contributed by atoms with Gasteiger partial charge < -0.3 is 15.0 Å². The molecule has 1 aromatic carbocycles. The molecule has 156 valence electrons. The van der Waals surface area contributed by atoms with E-state index in [1.54, 1.807) is 17.4 Å². The minimum atomic E-state index is -0.776. The van der Waals surface area contributed by atoms with Crippen LogP contribution in [-0.4, -0.2) is 45.0 Å². The van der Waals surface area contributed by atoms with E-state index in [2.05, 4.69) is 14.9 Å². The lowest BCUT2D eigenvalue weighted by molar-refractivity contribution is -0.128. The lowest BCUT2D eigenvalue weighted by atomic mass is 9.98. The number of hydrogen-bond acceptors (Lipinski definition) is 6. The first-order chi connectivity index (χ1) is 13.8. The normalized spacial score (nSPS) is 15.7. The van der Waals surface area contributed by atoms with Crippen LogP contribution in [0.2, 0.25) is 0 Å². The zero-order chi connectivity index (χ0) is 21.0. The van der Waals surface area contributed by atoms with Crippen molar-refractivity contribution >= 4 is 23.3 Å². The fourth-order valence-corrected chi connectivity index (χ4v) is 4.18. The molecule has 3 rings (SSSR count). The number of methoxy groups -OCH3 is 1. The van der Waals surface area contributed by atoms with E-state index in [9.17, 15) is 9.59 Å². The molecule has 2 amide bonds. The average molecular weight is 417 g/mol. The summed E-state index contributed by atoms with van der Waals surface area (Å²) < 4.78 is 9.21. The highest BCUT2D eigenvalue weighted by Gasteiger charge is 2.39. The topological polar surface area (TPSA) is 84.4 Å². The first-order valence-electron chi connectivity index (χ1n) is 9.86. The van der Waals surface area contributed by atoms with Crippen molar-refractivity contribution in [1.82, 2.24) is 19.8 Å². The van der Waals surface area contributed by atoms with Crippen LogP contribution in [0.1, 0.15) is 68.5 Å². The third kappa shape index (κ3) is 5.12. The fraction of sp³-hybridized carbons (Fsp3) is 0.524. The van der Waals surface area contributed by atoms with Gasteiger partial charge in [0.2, 0.25) is 5.91 Å². The van der Waals surface area contributed by atoms with Crippen LogP contribution in [0.4, 0.5) is 0 Å². The summed E-state index contributed by atoms with van der Waals surface area (Å²) >= 11 is 1.13. The molecule has 1 aliphatic rings. The monoisotopic (exact) mass is 416 g/mol. The maximum Gasteiger partial charge on any atom is 0.276 e. The van der Waals surface area contributed by atoms with Crippen molar-refractivity contribution in [2.24, 2.45) is 0 Å². The van der Waals surface area contributed by atoms with Gasteiger partial charge in [-0.25, -0.2) is 0 Å². The summed E-state index contributed by atoms with van der Waals surface area (Å²) in [6, 6.07) is 6.56. The standard InChI is InChI=1S/C21H28N4O3S/c1-21(2,3)22-19(26)18(14-8-7-11-16(12-14)28-4)25(15-9-5-6-10-15)20(27)17-13-29-24-23-17/h7-8,11-13,15,18H,5-6,9-10H2,1-4H3,(H,22,26)/t18-/m0/s1. The minimum Gasteiger partial charge on any atom is -0.497 e. The number of nitrogens with one attached hydrogen (secondary N) is 1. The smallest absolute Gasteiger partial charge is 0.276 e. The largest absolute Gasteiger partial charge is 0.497 e. The second-order valence-corrected chi connectivity index (χ2v) is 8.97. The van der Waals surface area contributed by atoms with E-state index in [0.717, 1.165) is 42.8 Å². The summed E-state index contributed by atoms with van der Waals surface area (Å²) in [6.45, 7) is 5.79. The number of benzene rings is 1. The van der Waals surface area contributed by atoms with E-state index in [-0.39, 0.29) is 23.6 Å². The van der Waals surface area contributed by atoms with Gasteiger partial charge in [0.1, 0.15) is 11.8 Å². The van der Waals surface area contributed by atoms with Crippen LogP contribution < -0.4 is 10.1 Å². The maximum atomic E-state index is 13.5. The third-order valence-corrected chi connectivity index (χ3v) is 5.47. The second-order valence-electron chi connectivity index (χ2n) is 8.36. The number of aromatic nitrogens is 2. The number of rotatable bonds is 6. The van der Waals surface area contributed by atoms with Crippen molar-refractivity contribution in [2.75, 3.05) is 7.11 Å². The van der Waals surface area contributed by atoms with Crippen molar-refractivity contribution in [2.45, 2.75) is 64.1 Å². The molecule has 7 nitrogen and oxygen atoms in total. The second kappa shape index (κ2) is 8.90. The van der Waals surface area contributed by atoms with Crippen molar-refractivity contribution in [3.63, 3.8) is 0 Å². The molecule has 0 bridgehead atoms. The fourth-order valence-electron chi connectivity index (χ4n) is 3.75. The molecule has 1 aromatic heterocycles. The van der Waals surface area contributed by atoms with Gasteiger partial charge in [-0.15, -0.1) is 5.10 Å². The van der Waals surface area contributed by atoms with E-state index in [1.807, 2.05) is 45.0 Å². The molecule has 0 unspecified atom stereocenters. The number of hydrogen-bond donors (Lipinski definition) is 1. The Labute approximate surface area is 175 Å². The Balaban J connectivity index is 2.08. The lowest BCUT2D eigenvalue weighted by Gasteiger charge is -2.37. The zero-order valence-electron chi connectivity index (χ0n) is 17.3. The Hall–Kier alpha value is -2.48. The molecule has 0 saturated heterocycles. The minimum absolute atomic E-state index is 0.0221. The van der Waals surface area contributed by atoms with Crippen LogP contribution >= 0.6 is 11.5 Å². The van der Waals surface area contributed by atoms with Gasteiger partial charge in [0.05, 0.1) is 7.11 Å². The lowest BCUT2D eigenvalue weighted by Crippen LogP contribution is -2.51. The Morgan fingerprint density at radius 1 is 1.28 bits per heavy atom. The summed E-state index contributed by atoms with van der Waals surface area (Å²) in [5, 5.41) is 8.66. The van der Waals surface area contributed by atoms with Crippen molar-refractivity contribution in [1.29, 1.82) is 0 Å². The molecule has 29 heavy (non-hydrogen) atoms. The van der Waals surface area contributed by atoms with Gasteiger partial charge in [-0.2, -0.15) is 0 Å². The molecule has 0 radical (unpaired) electrons. The first kappa shape index (κ1) is 21.2. The van der Waals surface area contributed by atoms with Crippen LogP contribution in [0.5, 0.6) is 5.75 Å². The Morgan fingerprint density at radius 2 is 2.00 bits per heavy atom. The van der Waals surface area contributed by atoms with Gasteiger partial charge in [0.15, 0.2) is 5.69 Å². The van der Waals surface area contributed by atoms with Crippen molar-refractivity contribution in [3.05, 3.63) is 40.9 Å². The van der Waals surface area contributed by atoms with Crippen molar-refractivity contribution in [3.8, 4) is 5.75 Å². The van der Waals surface area contributed by atoms with Crippen LogP contribution in [0, 0.1) is 0 Å². The Morgan fingerprint density at radius 3 is 2.59 bits per heavy atom. The first-order valence-corrected chi connectivity index (χ1v) is 10.7. The highest BCUT2D eigenvalue weighted by atomic mass is 32.1. The van der Waals surface area contributed by atoms with Gasteiger partial charge in [-0.1, -0.05) is 29.5 Å². The maximum absolute atomic E-state index is 13.5. The van der Waals surface area contributed by atoms with Gasteiger partial charge in [0.25, 0.3) is 5.91 Å². The van der Waals surface area contributed by atoms with Crippen LogP contribution in [0.25, 0.3) is 0 Å². The summed E-state index contributed by atoms with van der Waals surface area (Å²) in [5.74, 6) is 0.168. The summed E-state index contributed by atoms with van der Waals surface area (Å²) in [5.41, 5.74) is 0.564. The molecule has 1 saturated carbocycles. The summed E-state index contributed by atoms with van der Waals surface area (Å²) in [7, 11) is 1.59. The Bertz CT molecular complexity index is 842. The average Bonchev–Trinajstić information content (AvgIpc) is 3.37. The molecule has 1 fully saturated rings. The van der Waals surface area contributed by atoms with E-state index in [1.165, 1.54) is 0 Å². The molecule has 8 heteroatoms. The predicted molar refractivity (Wildman–Crippen MR) is 112 cm³/mol. The SMILES string of the molecule is COc1cccc([C@@H](C(=O)NC(C)(C)C)N(C(=O)c2csnn2)C2CCCC2)c1. The molecule has 1 aliphatic carbocycles. The number of amides is 2. The van der Waals surface area contributed by atoms with E-state index < -0.39 is 11.6 Å².